The van der Waals surface area contributed by atoms with E-state index < -0.39 is 16.1 Å². The Balaban J connectivity index is 1.92. The molecule has 1 N–H and O–H groups in total. The number of amides is 2. The molecule has 0 unspecified atom stereocenters. The number of para-hydroxylation sites is 2. The van der Waals surface area contributed by atoms with Crippen LogP contribution >= 0.6 is 23.2 Å². The van der Waals surface area contributed by atoms with Crippen LogP contribution in [-0.2, 0) is 32.6 Å². The van der Waals surface area contributed by atoms with E-state index in [9.17, 15) is 18.0 Å². The summed E-state index contributed by atoms with van der Waals surface area (Å²) in [5, 5.41) is 3.73. The van der Waals surface area contributed by atoms with Crippen LogP contribution in [0.25, 0.3) is 0 Å². The number of halogens is 2. The lowest BCUT2D eigenvalue weighted by atomic mass is 10.0. The van der Waals surface area contributed by atoms with Gasteiger partial charge in [-0.2, -0.15) is 0 Å². The lowest BCUT2D eigenvalue weighted by Crippen LogP contribution is -2.51. The molecule has 2 amide bonds. The highest BCUT2D eigenvalue weighted by molar-refractivity contribution is 7.92. The molecule has 3 aromatic carbocycles. The van der Waals surface area contributed by atoms with E-state index in [-0.39, 0.29) is 43.7 Å². The van der Waals surface area contributed by atoms with Crippen LogP contribution in [-0.4, -0.2) is 57.1 Å². The Morgan fingerprint density at radius 1 is 0.932 bits per heavy atom. The van der Waals surface area contributed by atoms with E-state index in [0.717, 1.165) is 11.8 Å². The topological polar surface area (TPSA) is 96.0 Å². The van der Waals surface area contributed by atoms with Crippen LogP contribution in [0.3, 0.4) is 0 Å². The van der Waals surface area contributed by atoms with Gasteiger partial charge in [0.1, 0.15) is 11.8 Å². The second-order valence-electron chi connectivity index (χ2n) is 11.0. The van der Waals surface area contributed by atoms with E-state index in [4.69, 9.17) is 27.9 Å². The Morgan fingerprint density at radius 2 is 1.61 bits per heavy atom. The second kappa shape index (κ2) is 16.7. The predicted molar refractivity (Wildman–Crippen MR) is 178 cm³/mol. The third-order valence-electron chi connectivity index (χ3n) is 6.88. The summed E-state index contributed by atoms with van der Waals surface area (Å²) in [6, 6.07) is 20.7. The maximum absolute atomic E-state index is 14.0. The number of ether oxygens (including phenoxy) is 1. The normalized spacial score (nSPS) is 12.1. The molecule has 0 radical (unpaired) electrons. The molecule has 1 atom stereocenters. The van der Waals surface area contributed by atoms with E-state index in [1.54, 1.807) is 47.4 Å². The number of benzene rings is 3. The molecule has 0 saturated heterocycles. The zero-order valence-electron chi connectivity index (χ0n) is 25.6. The number of nitrogens with one attached hydrogen (secondary N) is 1. The fraction of sp³-hybridized carbons (Fsp3) is 0.394. The molecular weight excluding hydrogens is 621 g/mol. The van der Waals surface area contributed by atoms with Gasteiger partial charge in [-0.05, 0) is 54.7 Å². The van der Waals surface area contributed by atoms with Crippen LogP contribution in [0.15, 0.2) is 72.8 Å². The molecule has 0 spiro atoms. The van der Waals surface area contributed by atoms with Crippen molar-refractivity contribution in [3.8, 4) is 5.75 Å². The average molecular weight is 663 g/mol. The summed E-state index contributed by atoms with van der Waals surface area (Å²) >= 11 is 12.4. The third-order valence-corrected chi connectivity index (χ3v) is 8.80. The molecule has 0 fully saturated rings. The summed E-state index contributed by atoms with van der Waals surface area (Å²) in [5.74, 6) is 0.109. The van der Waals surface area contributed by atoms with Crippen LogP contribution in [0, 0.1) is 5.92 Å². The van der Waals surface area contributed by atoms with Gasteiger partial charge in [-0.3, -0.25) is 13.9 Å². The van der Waals surface area contributed by atoms with Crippen molar-refractivity contribution in [3.63, 3.8) is 0 Å². The van der Waals surface area contributed by atoms with Crippen molar-refractivity contribution in [3.05, 3.63) is 94.0 Å². The number of nitrogens with zero attached hydrogens (tertiary/aromatic N) is 2. The van der Waals surface area contributed by atoms with Crippen LogP contribution < -0.4 is 14.4 Å². The SMILES string of the molecule is CCOc1ccccc1N(CCCC(=O)N(Cc1ccc(Cl)c(Cl)c1)[C@@H](Cc1ccccc1)C(=O)NCC(C)C)S(C)(=O)=O. The number of rotatable bonds is 16. The molecular formula is C33H41Cl2N3O5S. The van der Waals surface area contributed by atoms with Crippen LogP contribution in [0.2, 0.25) is 10.0 Å². The molecule has 44 heavy (non-hydrogen) atoms. The molecule has 0 aliphatic carbocycles. The smallest absolute Gasteiger partial charge is 0.243 e. The molecule has 11 heteroatoms. The predicted octanol–water partition coefficient (Wildman–Crippen LogP) is 6.35. The quantitative estimate of drug-likeness (QED) is 0.193. The Labute approximate surface area is 271 Å². The van der Waals surface area contributed by atoms with Gasteiger partial charge >= 0.3 is 0 Å². The van der Waals surface area contributed by atoms with Gasteiger partial charge in [0.2, 0.25) is 21.8 Å². The zero-order chi connectivity index (χ0) is 32.3. The molecule has 0 aromatic heterocycles. The van der Waals surface area contributed by atoms with Gasteiger partial charge in [-0.15, -0.1) is 0 Å². The summed E-state index contributed by atoms with van der Waals surface area (Å²) < 4.78 is 32.6. The van der Waals surface area contributed by atoms with E-state index in [1.807, 2.05) is 51.1 Å². The van der Waals surface area contributed by atoms with E-state index in [0.29, 0.717) is 46.6 Å². The Kier molecular flexibility index (Phi) is 13.4. The molecule has 0 aliphatic heterocycles. The van der Waals surface area contributed by atoms with E-state index >= 15 is 0 Å². The third kappa shape index (κ3) is 10.4. The van der Waals surface area contributed by atoms with Crippen LogP contribution in [0.5, 0.6) is 5.75 Å². The number of sulfonamides is 1. The summed E-state index contributed by atoms with van der Waals surface area (Å²) in [5.41, 5.74) is 2.03. The number of carbonyl (C=O) groups is 2. The number of hydrogen-bond donors (Lipinski definition) is 1. The maximum atomic E-state index is 14.0. The molecule has 8 nitrogen and oxygen atoms in total. The highest BCUT2D eigenvalue weighted by atomic mass is 35.5. The molecule has 0 aliphatic rings. The first kappa shape index (κ1) is 35.2. The van der Waals surface area contributed by atoms with Crippen LogP contribution in [0.4, 0.5) is 5.69 Å². The lowest BCUT2D eigenvalue weighted by Gasteiger charge is -2.32. The monoisotopic (exact) mass is 661 g/mol. The number of anilines is 1. The zero-order valence-corrected chi connectivity index (χ0v) is 28.0. The van der Waals surface area contributed by atoms with Crippen molar-refractivity contribution in [1.29, 1.82) is 0 Å². The standard InChI is InChI=1S/C33H41Cl2N3O5S/c1-5-43-31-15-10-9-14-29(31)38(44(4,41)42)19-11-16-32(39)37(23-26-17-18-27(34)28(35)20-26)30(33(40)36-22-24(2)3)21-25-12-7-6-8-13-25/h6-10,12-15,17-18,20,24,30H,5,11,16,19,21-23H2,1-4H3,(H,36,40)/t30-/m0/s1. The minimum Gasteiger partial charge on any atom is -0.492 e. The molecule has 3 aromatic rings. The fourth-order valence-corrected chi connectivity index (χ4v) is 6.02. The molecule has 0 heterocycles. The Bertz CT molecular complexity index is 1500. The van der Waals surface area contributed by atoms with E-state index in [2.05, 4.69) is 5.32 Å². The first-order valence-electron chi connectivity index (χ1n) is 14.6. The highest BCUT2D eigenvalue weighted by Gasteiger charge is 2.31. The van der Waals surface area contributed by atoms with Gasteiger partial charge in [0.05, 0.1) is 28.6 Å². The van der Waals surface area contributed by atoms with Gasteiger partial charge in [-0.25, -0.2) is 8.42 Å². The van der Waals surface area contributed by atoms with Gasteiger partial charge in [0.15, 0.2) is 0 Å². The van der Waals surface area contributed by atoms with Gasteiger partial charge in [0.25, 0.3) is 0 Å². The van der Waals surface area contributed by atoms with Gasteiger partial charge < -0.3 is 15.0 Å². The van der Waals surface area contributed by atoms with Crippen molar-refractivity contribution in [2.24, 2.45) is 5.92 Å². The number of carbonyl (C=O) groups excluding carboxylic acids is 2. The van der Waals surface area contributed by atoms with Crippen molar-refractivity contribution in [1.82, 2.24) is 10.2 Å². The van der Waals surface area contributed by atoms with Crippen LogP contribution in [0.1, 0.15) is 44.7 Å². The highest BCUT2D eigenvalue weighted by Crippen LogP contribution is 2.30. The van der Waals surface area contributed by atoms with Crippen molar-refractivity contribution < 1.29 is 22.7 Å². The van der Waals surface area contributed by atoms with Gasteiger partial charge in [-0.1, -0.05) is 85.6 Å². The number of hydrogen-bond acceptors (Lipinski definition) is 5. The summed E-state index contributed by atoms with van der Waals surface area (Å²) in [6.07, 6.45) is 1.65. The largest absolute Gasteiger partial charge is 0.492 e. The van der Waals surface area contributed by atoms with Crippen molar-refractivity contribution >= 4 is 50.7 Å². The van der Waals surface area contributed by atoms with Crippen molar-refractivity contribution in [2.75, 3.05) is 30.3 Å². The first-order valence-corrected chi connectivity index (χ1v) is 17.3. The minimum absolute atomic E-state index is 0.00684. The average Bonchev–Trinajstić information content (AvgIpc) is 2.98. The Morgan fingerprint density at radius 3 is 2.25 bits per heavy atom. The molecule has 0 bridgehead atoms. The van der Waals surface area contributed by atoms with Crippen molar-refractivity contribution in [2.45, 2.75) is 52.6 Å². The molecule has 3 rings (SSSR count). The van der Waals surface area contributed by atoms with Gasteiger partial charge in [0, 0.05) is 32.5 Å². The molecule has 238 valence electrons. The maximum Gasteiger partial charge on any atom is 0.243 e. The summed E-state index contributed by atoms with van der Waals surface area (Å²) in [7, 11) is -3.68. The summed E-state index contributed by atoms with van der Waals surface area (Å²) in [6.45, 7) is 6.83. The van der Waals surface area contributed by atoms with E-state index in [1.165, 1.54) is 4.31 Å². The lowest BCUT2D eigenvalue weighted by molar-refractivity contribution is -0.141. The first-order chi connectivity index (χ1) is 20.9. The second-order valence-corrected chi connectivity index (χ2v) is 13.7. The summed E-state index contributed by atoms with van der Waals surface area (Å²) in [4.78, 5) is 29.2. The Hall–Kier alpha value is -3.27. The molecule has 0 saturated carbocycles. The minimum atomic E-state index is -3.68. The fourth-order valence-electron chi connectivity index (χ4n) is 4.73.